The molecular formula is C23H28N4O3. The molecule has 1 aliphatic heterocycles. The van der Waals surface area contributed by atoms with Gasteiger partial charge in [0.15, 0.2) is 11.6 Å². The lowest BCUT2D eigenvalue weighted by Crippen LogP contribution is -2.39. The summed E-state index contributed by atoms with van der Waals surface area (Å²) in [5, 5.41) is 7.24. The van der Waals surface area contributed by atoms with Crippen LogP contribution in [0.3, 0.4) is 0 Å². The molecule has 1 amide bonds. The number of hydrogen-bond acceptors (Lipinski definition) is 5. The number of hydrogen-bond donors (Lipinski definition) is 1. The third-order valence-corrected chi connectivity index (χ3v) is 5.85. The van der Waals surface area contributed by atoms with Gasteiger partial charge in [-0.1, -0.05) is 25.1 Å². The van der Waals surface area contributed by atoms with Crippen molar-refractivity contribution in [2.24, 2.45) is 0 Å². The van der Waals surface area contributed by atoms with Crippen molar-refractivity contribution < 1.29 is 13.9 Å². The van der Waals surface area contributed by atoms with Crippen molar-refractivity contribution in [1.29, 1.82) is 0 Å². The van der Waals surface area contributed by atoms with E-state index >= 15 is 0 Å². The quantitative estimate of drug-likeness (QED) is 0.669. The molecule has 0 aliphatic carbocycles. The Morgan fingerprint density at radius 3 is 2.97 bits per heavy atom. The number of benzene rings is 1. The third kappa shape index (κ3) is 3.97. The summed E-state index contributed by atoms with van der Waals surface area (Å²) in [6.07, 6.45) is 5.12. The Morgan fingerprint density at radius 2 is 2.20 bits per heavy atom. The maximum absolute atomic E-state index is 13.0. The van der Waals surface area contributed by atoms with Crippen molar-refractivity contribution in [2.45, 2.75) is 45.4 Å². The number of nitrogens with zero attached hydrogens (tertiary/aromatic N) is 3. The van der Waals surface area contributed by atoms with Gasteiger partial charge in [0.25, 0.3) is 5.91 Å². The molecule has 1 atom stereocenters. The second kappa shape index (κ2) is 8.73. The van der Waals surface area contributed by atoms with Crippen LogP contribution in [-0.2, 0) is 12.8 Å². The molecule has 3 aromatic rings. The molecule has 7 nitrogen and oxygen atoms in total. The van der Waals surface area contributed by atoms with Gasteiger partial charge in [0, 0.05) is 36.3 Å². The maximum Gasteiger partial charge on any atom is 0.274 e. The van der Waals surface area contributed by atoms with Crippen molar-refractivity contribution in [3.05, 3.63) is 64.6 Å². The first-order chi connectivity index (χ1) is 14.6. The van der Waals surface area contributed by atoms with Gasteiger partial charge >= 0.3 is 0 Å². The van der Waals surface area contributed by atoms with E-state index in [0.29, 0.717) is 24.6 Å². The number of ether oxygens (including phenoxy) is 1. The molecule has 30 heavy (non-hydrogen) atoms. The number of rotatable bonds is 6. The second-order valence-corrected chi connectivity index (χ2v) is 7.77. The fourth-order valence-corrected chi connectivity index (χ4v) is 4.13. The Balaban J connectivity index is 1.46. The second-order valence-electron chi connectivity index (χ2n) is 7.77. The van der Waals surface area contributed by atoms with Crippen LogP contribution >= 0.6 is 0 Å². The van der Waals surface area contributed by atoms with Crippen LogP contribution in [-0.4, -0.2) is 46.2 Å². The van der Waals surface area contributed by atoms with Gasteiger partial charge in [-0.05, 0) is 32.3 Å². The highest BCUT2D eigenvalue weighted by Gasteiger charge is 2.30. The average molecular weight is 409 g/mol. The van der Waals surface area contributed by atoms with Gasteiger partial charge in [-0.25, -0.2) is 4.98 Å². The number of likely N-dealkylation sites (tertiary alicyclic amines) is 1. The zero-order chi connectivity index (χ0) is 21.1. The van der Waals surface area contributed by atoms with Gasteiger partial charge < -0.3 is 14.1 Å². The van der Waals surface area contributed by atoms with Gasteiger partial charge in [0.2, 0.25) is 0 Å². The highest BCUT2D eigenvalue weighted by molar-refractivity contribution is 5.94. The zero-order valence-electron chi connectivity index (χ0n) is 17.8. The summed E-state index contributed by atoms with van der Waals surface area (Å²) in [6, 6.07) is 7.91. The number of carbonyl (C=O) groups is 1. The summed E-state index contributed by atoms with van der Waals surface area (Å²) < 4.78 is 11.5. The van der Waals surface area contributed by atoms with E-state index in [1.807, 2.05) is 36.1 Å². The van der Waals surface area contributed by atoms with E-state index in [9.17, 15) is 4.79 Å². The predicted octanol–water partition coefficient (Wildman–Crippen LogP) is 3.89. The van der Waals surface area contributed by atoms with Crippen molar-refractivity contribution in [3.63, 3.8) is 0 Å². The van der Waals surface area contributed by atoms with Gasteiger partial charge in [-0.3, -0.25) is 9.89 Å². The number of piperidine rings is 1. The Morgan fingerprint density at radius 1 is 1.37 bits per heavy atom. The molecule has 0 spiro atoms. The van der Waals surface area contributed by atoms with E-state index in [0.717, 1.165) is 54.1 Å². The summed E-state index contributed by atoms with van der Waals surface area (Å²) in [6.45, 7) is 5.34. The normalized spacial score (nSPS) is 16.6. The summed E-state index contributed by atoms with van der Waals surface area (Å²) in [5.41, 5.74) is 3.54. The lowest BCUT2D eigenvalue weighted by atomic mass is 9.97. The van der Waals surface area contributed by atoms with Gasteiger partial charge in [0.05, 0.1) is 19.2 Å². The van der Waals surface area contributed by atoms with E-state index in [1.165, 1.54) is 0 Å². The lowest BCUT2D eigenvalue weighted by molar-refractivity contribution is 0.0691. The number of methoxy groups -OCH3 is 1. The molecule has 7 heteroatoms. The zero-order valence-corrected chi connectivity index (χ0v) is 17.8. The minimum absolute atomic E-state index is 0.0195. The minimum Gasteiger partial charge on any atom is -0.496 e. The SMILES string of the molecule is CCc1[nH]nc(C(=O)N2CCC[C@H](c3ncc(Cc4ccccc4OC)o3)C2)c1C. The van der Waals surface area contributed by atoms with Crippen LogP contribution < -0.4 is 4.74 Å². The topological polar surface area (TPSA) is 84.2 Å². The number of carbonyl (C=O) groups excluding carboxylic acids is 1. The summed E-state index contributed by atoms with van der Waals surface area (Å²) in [7, 11) is 1.67. The Bertz CT molecular complexity index is 1020. The number of nitrogens with one attached hydrogen (secondary N) is 1. The first-order valence-electron chi connectivity index (χ1n) is 10.5. The fraction of sp³-hybridized carbons (Fsp3) is 0.435. The molecule has 158 valence electrons. The van der Waals surface area contributed by atoms with Gasteiger partial charge in [0.1, 0.15) is 11.5 Å². The molecule has 2 aromatic heterocycles. The molecule has 1 aliphatic rings. The summed E-state index contributed by atoms with van der Waals surface area (Å²) in [5.74, 6) is 2.41. The molecule has 0 unspecified atom stereocenters. The predicted molar refractivity (Wildman–Crippen MR) is 113 cm³/mol. The third-order valence-electron chi connectivity index (χ3n) is 5.85. The van der Waals surface area contributed by atoms with Gasteiger partial charge in [-0.15, -0.1) is 0 Å². The van der Waals surface area contributed by atoms with E-state index in [1.54, 1.807) is 13.3 Å². The molecule has 1 fully saturated rings. The number of oxazole rings is 1. The summed E-state index contributed by atoms with van der Waals surface area (Å²) >= 11 is 0. The first-order valence-corrected chi connectivity index (χ1v) is 10.5. The van der Waals surface area contributed by atoms with Crippen molar-refractivity contribution in [1.82, 2.24) is 20.1 Å². The van der Waals surface area contributed by atoms with E-state index in [4.69, 9.17) is 9.15 Å². The molecule has 3 heterocycles. The number of aromatic amines is 1. The fourth-order valence-electron chi connectivity index (χ4n) is 4.13. The first kappa shape index (κ1) is 20.2. The average Bonchev–Trinajstić information content (AvgIpc) is 3.40. The number of para-hydroxylation sites is 1. The van der Waals surface area contributed by atoms with E-state index in [2.05, 4.69) is 22.1 Å². The van der Waals surface area contributed by atoms with Crippen molar-refractivity contribution >= 4 is 5.91 Å². The van der Waals surface area contributed by atoms with Crippen LogP contribution in [0, 0.1) is 6.92 Å². The molecular weight excluding hydrogens is 380 g/mol. The van der Waals surface area contributed by atoms with Crippen LogP contribution in [0.2, 0.25) is 0 Å². The Kier molecular flexibility index (Phi) is 5.88. The number of amides is 1. The minimum atomic E-state index is -0.0195. The molecule has 0 radical (unpaired) electrons. The van der Waals surface area contributed by atoms with E-state index in [-0.39, 0.29) is 11.8 Å². The molecule has 1 aromatic carbocycles. The number of aromatic nitrogens is 3. The Hall–Kier alpha value is -3.09. The summed E-state index contributed by atoms with van der Waals surface area (Å²) in [4.78, 5) is 19.4. The van der Waals surface area contributed by atoms with Crippen molar-refractivity contribution in [3.8, 4) is 5.75 Å². The van der Waals surface area contributed by atoms with Gasteiger partial charge in [-0.2, -0.15) is 5.10 Å². The smallest absolute Gasteiger partial charge is 0.274 e. The monoisotopic (exact) mass is 408 g/mol. The van der Waals surface area contributed by atoms with E-state index < -0.39 is 0 Å². The molecule has 1 saturated heterocycles. The van der Waals surface area contributed by atoms with Crippen LogP contribution in [0.5, 0.6) is 5.75 Å². The molecule has 0 bridgehead atoms. The maximum atomic E-state index is 13.0. The van der Waals surface area contributed by atoms with Crippen LogP contribution in [0.15, 0.2) is 34.9 Å². The molecule has 0 saturated carbocycles. The standard InChI is InChI=1S/C23H28N4O3/c1-4-19-15(2)21(26-25-19)23(28)27-11-7-9-17(14-27)22-24-13-18(30-22)12-16-8-5-6-10-20(16)29-3/h5-6,8,10,13,17H,4,7,9,11-12,14H2,1-3H3,(H,25,26)/t17-/m0/s1. The largest absolute Gasteiger partial charge is 0.496 e. The highest BCUT2D eigenvalue weighted by atomic mass is 16.5. The number of aryl methyl sites for hydroxylation is 1. The molecule has 1 N–H and O–H groups in total. The Labute approximate surface area is 176 Å². The van der Waals surface area contributed by atoms with Crippen molar-refractivity contribution in [2.75, 3.05) is 20.2 Å². The van der Waals surface area contributed by atoms with Crippen LogP contribution in [0.4, 0.5) is 0 Å². The van der Waals surface area contributed by atoms with Crippen LogP contribution in [0.1, 0.15) is 64.6 Å². The highest BCUT2D eigenvalue weighted by Crippen LogP contribution is 2.29. The number of H-pyrrole nitrogens is 1. The van der Waals surface area contributed by atoms with Crippen LogP contribution in [0.25, 0.3) is 0 Å². The molecule has 4 rings (SSSR count). The lowest BCUT2D eigenvalue weighted by Gasteiger charge is -2.31.